The average molecular weight is 552 g/mol. The number of hydrogen-bond donors (Lipinski definition) is 3. The minimum Gasteiger partial charge on any atom is -0.470 e. The van der Waals surface area contributed by atoms with Gasteiger partial charge in [0.1, 0.15) is 18.5 Å². The van der Waals surface area contributed by atoms with Crippen LogP contribution in [0.4, 0.5) is 0 Å². The second kappa shape index (κ2) is 10.3. The zero-order chi connectivity index (χ0) is 27.0. The number of ether oxygens (including phenoxy) is 2. The molecule has 13 nitrogen and oxygen atoms in total. The van der Waals surface area contributed by atoms with Gasteiger partial charge in [0.05, 0.1) is 11.4 Å². The van der Waals surface area contributed by atoms with E-state index in [2.05, 4.69) is 30.8 Å². The van der Waals surface area contributed by atoms with Gasteiger partial charge >= 0.3 is 0 Å². The number of rotatable bonds is 8. The van der Waals surface area contributed by atoms with Gasteiger partial charge in [-0.25, -0.2) is 0 Å². The van der Waals surface area contributed by atoms with Crippen LogP contribution in [0.25, 0.3) is 27.9 Å². The number of carbonyl (C=O) groups is 1. The number of nitrogens with zero attached hydrogens (tertiary/aromatic N) is 6. The van der Waals surface area contributed by atoms with Crippen LogP contribution in [-0.4, -0.2) is 76.0 Å². The van der Waals surface area contributed by atoms with E-state index in [9.17, 15) is 13.9 Å². The third-order valence-electron chi connectivity index (χ3n) is 6.43. The molecule has 0 spiro atoms. The Kier molecular flexibility index (Phi) is 6.70. The van der Waals surface area contributed by atoms with Crippen LogP contribution >= 0.6 is 10.6 Å². The molecular formula is C25H25N7O6S. The molecule has 1 aliphatic rings. The Morgan fingerprint density at radius 3 is 2.79 bits per heavy atom. The first kappa shape index (κ1) is 25.3. The highest BCUT2D eigenvalue weighted by molar-refractivity contribution is 8.25. The molecule has 14 heteroatoms. The molecule has 6 rings (SSSR count). The molecule has 0 bridgehead atoms. The van der Waals surface area contributed by atoms with Gasteiger partial charge in [-0.15, -0.1) is 15.3 Å². The fraction of sp³-hybridized carbons (Fsp3) is 0.280. The van der Waals surface area contributed by atoms with Gasteiger partial charge in [0.2, 0.25) is 11.7 Å². The van der Waals surface area contributed by atoms with E-state index < -0.39 is 15.8 Å². The second-order valence-electron chi connectivity index (χ2n) is 9.03. The van der Waals surface area contributed by atoms with Crippen LogP contribution in [0.1, 0.15) is 21.8 Å². The van der Waals surface area contributed by atoms with Gasteiger partial charge in [0.15, 0.2) is 22.9 Å². The summed E-state index contributed by atoms with van der Waals surface area (Å²) >= 11 is 0. The standard InChI is InChI=1S/C25H25N7O6S/c1-36-14-17-10-20(31-38-17)24-29-28-23-18-4-2-3-5-19(18)25(30-32(23)24)37-13-16-7-6-15(11-27-16)22(33)21-12-26-8-9-39(21,34)35/h2-7,10-11,21,26,34-35H,8-9,12-14H2,1H3. The van der Waals surface area contributed by atoms with Crippen LogP contribution in [-0.2, 0) is 18.0 Å². The minimum absolute atomic E-state index is 0.0799. The van der Waals surface area contributed by atoms with E-state index in [0.29, 0.717) is 46.6 Å². The number of hydrogen-bond acceptors (Lipinski definition) is 12. The summed E-state index contributed by atoms with van der Waals surface area (Å²) in [5, 5.41) is 21.0. The third kappa shape index (κ3) is 4.84. The van der Waals surface area contributed by atoms with E-state index in [1.165, 1.54) is 6.20 Å². The molecule has 1 aromatic carbocycles. The molecule has 0 saturated carbocycles. The summed E-state index contributed by atoms with van der Waals surface area (Å²) in [6.45, 7) is 1.04. The molecular weight excluding hydrogens is 526 g/mol. The SMILES string of the molecule is COCc1cc(-c2nnc3c4ccccc4c(OCc4ccc(C(=O)C5CNCCS5(O)O)cn4)nn23)no1. The Hall–Kier alpha value is -3.95. The average Bonchev–Trinajstić information content (AvgIpc) is 3.59. The maximum atomic E-state index is 12.9. The van der Waals surface area contributed by atoms with E-state index in [1.54, 1.807) is 29.8 Å². The maximum absolute atomic E-state index is 12.9. The van der Waals surface area contributed by atoms with E-state index in [-0.39, 0.29) is 31.3 Å². The number of pyridine rings is 1. The monoisotopic (exact) mass is 551 g/mol. The number of aromatic nitrogens is 6. The van der Waals surface area contributed by atoms with Crippen molar-refractivity contribution in [1.29, 1.82) is 0 Å². The summed E-state index contributed by atoms with van der Waals surface area (Å²) in [6, 6.07) is 12.6. The van der Waals surface area contributed by atoms with Crippen LogP contribution < -0.4 is 10.1 Å². The largest absolute Gasteiger partial charge is 0.470 e. The molecule has 4 aromatic heterocycles. The van der Waals surface area contributed by atoms with Gasteiger partial charge in [-0.2, -0.15) is 15.1 Å². The molecule has 0 aliphatic carbocycles. The molecule has 1 atom stereocenters. The lowest BCUT2D eigenvalue weighted by atomic mass is 10.1. The summed E-state index contributed by atoms with van der Waals surface area (Å²) in [6.07, 6.45) is 1.43. The first-order chi connectivity index (χ1) is 18.9. The highest BCUT2D eigenvalue weighted by Crippen LogP contribution is 2.46. The molecule has 0 amide bonds. The van der Waals surface area contributed by atoms with Crippen molar-refractivity contribution in [1.82, 2.24) is 35.3 Å². The Morgan fingerprint density at radius 1 is 1.18 bits per heavy atom. The summed E-state index contributed by atoms with van der Waals surface area (Å²) in [5.41, 5.74) is 1.87. The number of ketones is 1. The second-order valence-corrected chi connectivity index (χ2v) is 11.4. The summed E-state index contributed by atoms with van der Waals surface area (Å²) in [5.74, 6) is 1.08. The molecule has 5 aromatic rings. The predicted octanol–water partition coefficient (Wildman–Crippen LogP) is 2.96. The number of benzene rings is 1. The number of Topliss-reactive ketones (excluding diaryl/α,β-unsaturated/α-hetero) is 1. The lowest BCUT2D eigenvalue weighted by Crippen LogP contribution is -2.45. The Balaban J connectivity index is 1.26. The molecule has 3 N–H and O–H groups in total. The molecule has 1 saturated heterocycles. The van der Waals surface area contributed by atoms with Crippen molar-refractivity contribution >= 4 is 32.8 Å². The van der Waals surface area contributed by atoms with Crippen LogP contribution in [0.3, 0.4) is 0 Å². The van der Waals surface area contributed by atoms with E-state index in [0.717, 1.165) is 10.8 Å². The molecule has 1 fully saturated rings. The van der Waals surface area contributed by atoms with E-state index in [1.807, 2.05) is 24.3 Å². The van der Waals surface area contributed by atoms with E-state index >= 15 is 0 Å². The first-order valence-corrected chi connectivity index (χ1v) is 13.9. The molecule has 1 unspecified atom stereocenters. The normalized spacial score (nSPS) is 17.9. The number of methoxy groups -OCH3 is 1. The topological polar surface area (TPSA) is 170 Å². The highest BCUT2D eigenvalue weighted by Gasteiger charge is 2.35. The molecule has 5 heterocycles. The molecule has 1 aliphatic heterocycles. The fourth-order valence-electron chi connectivity index (χ4n) is 4.43. The van der Waals surface area contributed by atoms with Crippen molar-refractivity contribution < 1.29 is 27.9 Å². The van der Waals surface area contributed by atoms with Crippen molar-refractivity contribution in [3.8, 4) is 17.4 Å². The van der Waals surface area contributed by atoms with Gasteiger partial charge in [-0.1, -0.05) is 23.4 Å². The number of nitrogens with one attached hydrogen (secondary N) is 1. The van der Waals surface area contributed by atoms with Crippen molar-refractivity contribution in [3.05, 3.63) is 65.7 Å². The van der Waals surface area contributed by atoms with Crippen LogP contribution in [0.2, 0.25) is 0 Å². The zero-order valence-corrected chi connectivity index (χ0v) is 21.7. The van der Waals surface area contributed by atoms with E-state index in [4.69, 9.17) is 14.0 Å². The Bertz CT molecular complexity index is 1650. The molecule has 0 radical (unpaired) electrons. The third-order valence-corrected chi connectivity index (χ3v) is 8.52. The van der Waals surface area contributed by atoms with Crippen LogP contribution in [0.5, 0.6) is 5.88 Å². The highest BCUT2D eigenvalue weighted by atomic mass is 32.3. The number of fused-ring (bicyclic) bond motifs is 3. The fourth-order valence-corrected chi connectivity index (χ4v) is 6.02. The van der Waals surface area contributed by atoms with Crippen LogP contribution in [0.15, 0.2) is 53.2 Å². The minimum atomic E-state index is -2.99. The number of carbonyl (C=O) groups excluding carboxylic acids is 1. The Labute approximate surface area is 223 Å². The Morgan fingerprint density at radius 2 is 2.03 bits per heavy atom. The van der Waals surface area contributed by atoms with Gasteiger partial charge in [-0.05, 0) is 18.2 Å². The smallest absolute Gasteiger partial charge is 0.240 e. The summed E-state index contributed by atoms with van der Waals surface area (Å²) < 4.78 is 38.6. The maximum Gasteiger partial charge on any atom is 0.240 e. The quantitative estimate of drug-likeness (QED) is 0.241. The van der Waals surface area contributed by atoms with Gasteiger partial charge < -0.3 is 19.3 Å². The zero-order valence-electron chi connectivity index (χ0n) is 20.9. The lowest BCUT2D eigenvalue weighted by molar-refractivity contribution is 0.0981. The first-order valence-electron chi connectivity index (χ1n) is 12.1. The van der Waals surface area contributed by atoms with Gasteiger partial charge in [0, 0.05) is 48.8 Å². The predicted molar refractivity (Wildman–Crippen MR) is 142 cm³/mol. The van der Waals surface area contributed by atoms with Gasteiger partial charge in [0.25, 0.3) is 0 Å². The summed E-state index contributed by atoms with van der Waals surface area (Å²) in [7, 11) is -1.42. The lowest BCUT2D eigenvalue weighted by Gasteiger charge is -2.42. The summed E-state index contributed by atoms with van der Waals surface area (Å²) in [4.78, 5) is 17.2. The van der Waals surface area contributed by atoms with Crippen molar-refractivity contribution in [3.63, 3.8) is 0 Å². The molecule has 39 heavy (non-hydrogen) atoms. The van der Waals surface area contributed by atoms with Gasteiger partial charge in [-0.3, -0.25) is 18.9 Å². The van der Waals surface area contributed by atoms with Crippen molar-refractivity contribution in [2.24, 2.45) is 0 Å². The molecule has 202 valence electrons. The van der Waals surface area contributed by atoms with Crippen molar-refractivity contribution in [2.75, 3.05) is 26.0 Å². The van der Waals surface area contributed by atoms with Crippen molar-refractivity contribution in [2.45, 2.75) is 18.5 Å². The van der Waals surface area contributed by atoms with Crippen LogP contribution in [0, 0.1) is 0 Å².